The fourth-order valence-corrected chi connectivity index (χ4v) is 12.1. The molecule has 0 unspecified atom stereocenters. The van der Waals surface area contributed by atoms with Crippen LogP contribution < -0.4 is 9.80 Å². The second-order valence-corrected chi connectivity index (χ2v) is 20.5. The van der Waals surface area contributed by atoms with E-state index in [1.165, 1.54) is 37.9 Å². The summed E-state index contributed by atoms with van der Waals surface area (Å²) in [6.07, 6.45) is 5.43. The Balaban J connectivity index is 0.771. The normalized spacial score (nSPS) is 11.8. The highest BCUT2D eigenvalue weighted by Crippen LogP contribution is 2.47. The van der Waals surface area contributed by atoms with Gasteiger partial charge in [-0.05, 0) is 151 Å². The van der Waals surface area contributed by atoms with Crippen LogP contribution in [-0.2, 0) is 0 Å². The standard InChI is InChI=1S/C74H46N4O2/c1-2-11-47(12-3-1)49-24-29-56(30-25-49)78(58-34-37-67-72(45-58)79-70-19-10-39-76-74(67)70)69-43-54-41-52(28-35-60(54)62-16-7-9-18-64(62)69)51-22-20-48(21-23-51)50-26-31-55(32-27-50)77(57-33-36-65-66-38-40-75-46-73(66)80-71(65)44-57)68-42-53-13-4-5-14-59(53)61-15-6-8-17-63(61)68/h1-46H. The van der Waals surface area contributed by atoms with Crippen molar-refractivity contribution in [3.63, 3.8) is 0 Å². The molecule has 6 nitrogen and oxygen atoms in total. The summed E-state index contributed by atoms with van der Waals surface area (Å²) in [5.74, 6) is 0. The lowest BCUT2D eigenvalue weighted by Crippen LogP contribution is -2.10. The summed E-state index contributed by atoms with van der Waals surface area (Å²) in [6.45, 7) is 0. The monoisotopic (exact) mass is 1020 g/mol. The Hall–Kier alpha value is -10.8. The molecule has 4 aromatic heterocycles. The van der Waals surface area contributed by atoms with Gasteiger partial charge in [-0.25, -0.2) is 0 Å². The zero-order valence-electron chi connectivity index (χ0n) is 43.2. The highest BCUT2D eigenvalue weighted by atomic mass is 16.3. The summed E-state index contributed by atoms with van der Waals surface area (Å²) in [7, 11) is 0. The van der Waals surface area contributed by atoms with Gasteiger partial charge in [-0.1, -0.05) is 164 Å². The molecule has 0 aliphatic carbocycles. The Labute approximate surface area is 460 Å². The van der Waals surface area contributed by atoms with Gasteiger partial charge in [0.05, 0.1) is 17.6 Å². The summed E-state index contributed by atoms with van der Waals surface area (Å²) in [5, 5.41) is 12.6. The number of fused-ring (bicyclic) bond motifs is 12. The second-order valence-electron chi connectivity index (χ2n) is 20.5. The van der Waals surface area contributed by atoms with Gasteiger partial charge in [0.1, 0.15) is 16.7 Å². The van der Waals surface area contributed by atoms with Crippen LogP contribution in [0.5, 0.6) is 0 Å². The SMILES string of the molecule is c1ccc(-c2ccc(N(c3ccc4c(c3)oc3cccnc34)c3cc4cc(-c5ccc(-c6ccc(N(c7ccc8c(c7)oc7cnccc78)c7cc8ccccc8c8ccccc78)cc6)cc5)ccc4c4ccccc34)cc2)cc1. The molecular weight excluding hydrogens is 977 g/mol. The van der Waals surface area contributed by atoms with Crippen molar-refractivity contribution >= 4 is 121 Å². The van der Waals surface area contributed by atoms with Crippen molar-refractivity contribution in [2.45, 2.75) is 0 Å². The summed E-state index contributed by atoms with van der Waals surface area (Å²) >= 11 is 0. The van der Waals surface area contributed by atoms with Gasteiger partial charge in [0.25, 0.3) is 0 Å². The van der Waals surface area contributed by atoms with Crippen molar-refractivity contribution in [1.82, 2.24) is 9.97 Å². The van der Waals surface area contributed by atoms with Gasteiger partial charge < -0.3 is 18.6 Å². The van der Waals surface area contributed by atoms with Crippen molar-refractivity contribution < 1.29 is 8.83 Å². The summed E-state index contributed by atoms with van der Waals surface area (Å²) in [4.78, 5) is 13.7. The van der Waals surface area contributed by atoms with E-state index in [-0.39, 0.29) is 0 Å². The fraction of sp³-hybridized carbons (Fsp3) is 0. The fourth-order valence-electron chi connectivity index (χ4n) is 12.1. The molecule has 0 atom stereocenters. The number of benzene rings is 12. The molecule has 0 radical (unpaired) electrons. The van der Waals surface area contributed by atoms with E-state index in [2.05, 4.69) is 262 Å². The van der Waals surface area contributed by atoms with E-state index in [1.54, 1.807) is 6.20 Å². The highest BCUT2D eigenvalue weighted by Gasteiger charge is 2.22. The largest absolute Gasteiger partial charge is 0.454 e. The molecule has 0 amide bonds. The number of hydrogen-bond acceptors (Lipinski definition) is 6. The predicted octanol–water partition coefficient (Wildman–Crippen LogP) is 20.8. The maximum absolute atomic E-state index is 6.45. The van der Waals surface area contributed by atoms with Gasteiger partial charge in [-0.2, -0.15) is 0 Å². The second kappa shape index (κ2) is 18.4. The third-order valence-electron chi connectivity index (χ3n) is 16.0. The molecule has 0 fully saturated rings. The average molecular weight is 1020 g/mol. The molecule has 0 saturated carbocycles. The first kappa shape index (κ1) is 45.4. The van der Waals surface area contributed by atoms with Crippen molar-refractivity contribution in [3.8, 4) is 33.4 Å². The molecule has 0 saturated heterocycles. The molecule has 16 rings (SSSR count). The van der Waals surface area contributed by atoms with Crippen LogP contribution in [0, 0.1) is 0 Å². The Morgan fingerprint density at radius 1 is 0.263 bits per heavy atom. The maximum Gasteiger partial charge on any atom is 0.153 e. The van der Waals surface area contributed by atoms with Gasteiger partial charge in [0, 0.05) is 74.2 Å². The van der Waals surface area contributed by atoms with Crippen LogP contribution >= 0.6 is 0 Å². The smallest absolute Gasteiger partial charge is 0.153 e. The van der Waals surface area contributed by atoms with Crippen molar-refractivity contribution in [1.29, 1.82) is 0 Å². The first-order chi connectivity index (χ1) is 39.6. The molecule has 16 aromatic rings. The highest BCUT2D eigenvalue weighted by molar-refractivity contribution is 6.17. The first-order valence-electron chi connectivity index (χ1n) is 27.0. The van der Waals surface area contributed by atoms with E-state index in [4.69, 9.17) is 8.83 Å². The van der Waals surface area contributed by atoms with Crippen LogP contribution in [0.1, 0.15) is 0 Å². The minimum atomic E-state index is 0.772. The minimum absolute atomic E-state index is 0.772. The molecule has 374 valence electrons. The zero-order valence-corrected chi connectivity index (χ0v) is 43.2. The van der Waals surface area contributed by atoms with Crippen LogP contribution in [0.4, 0.5) is 34.1 Å². The summed E-state index contributed by atoms with van der Waals surface area (Å²) < 4.78 is 12.9. The third-order valence-corrected chi connectivity index (χ3v) is 16.0. The molecular formula is C74H46N4O2. The molecule has 6 heteroatoms. The van der Waals surface area contributed by atoms with Gasteiger partial charge in [0.15, 0.2) is 11.2 Å². The topological polar surface area (TPSA) is 58.5 Å². The number of rotatable bonds is 9. The number of anilines is 6. The van der Waals surface area contributed by atoms with E-state index >= 15 is 0 Å². The van der Waals surface area contributed by atoms with Crippen LogP contribution in [-0.4, -0.2) is 9.97 Å². The molecule has 0 spiro atoms. The Bertz CT molecular complexity index is 5070. The molecule has 12 aromatic carbocycles. The molecule has 0 aliphatic heterocycles. The van der Waals surface area contributed by atoms with Crippen molar-refractivity contribution in [2.75, 3.05) is 9.80 Å². The number of nitrogens with zero attached hydrogens (tertiary/aromatic N) is 4. The lowest BCUT2D eigenvalue weighted by molar-refractivity contribution is 0.667. The van der Waals surface area contributed by atoms with Crippen LogP contribution in [0.2, 0.25) is 0 Å². The van der Waals surface area contributed by atoms with Gasteiger partial charge in [-0.3, -0.25) is 9.97 Å². The zero-order chi connectivity index (χ0) is 52.7. The van der Waals surface area contributed by atoms with E-state index in [0.717, 1.165) is 117 Å². The van der Waals surface area contributed by atoms with E-state index in [1.807, 2.05) is 30.6 Å². The lowest BCUT2D eigenvalue weighted by atomic mass is 9.94. The van der Waals surface area contributed by atoms with Crippen molar-refractivity contribution in [3.05, 3.63) is 279 Å². The minimum Gasteiger partial charge on any atom is -0.454 e. The average Bonchev–Trinajstić information content (AvgIpc) is 4.14. The van der Waals surface area contributed by atoms with Crippen LogP contribution in [0.15, 0.2) is 288 Å². The number of furan rings is 2. The van der Waals surface area contributed by atoms with E-state index in [9.17, 15) is 0 Å². The third kappa shape index (κ3) is 7.57. The molecule has 0 aliphatic rings. The molecule has 0 bridgehead atoms. The quantitative estimate of drug-likeness (QED) is 0.134. The predicted molar refractivity (Wildman–Crippen MR) is 332 cm³/mol. The molecule has 80 heavy (non-hydrogen) atoms. The van der Waals surface area contributed by atoms with Crippen LogP contribution in [0.3, 0.4) is 0 Å². The van der Waals surface area contributed by atoms with Gasteiger partial charge in [-0.15, -0.1) is 0 Å². The number of hydrogen-bond donors (Lipinski definition) is 0. The van der Waals surface area contributed by atoms with E-state index in [0.29, 0.717) is 0 Å². The summed E-state index contributed by atoms with van der Waals surface area (Å²) in [6, 6.07) is 93.9. The van der Waals surface area contributed by atoms with Gasteiger partial charge >= 0.3 is 0 Å². The lowest BCUT2D eigenvalue weighted by Gasteiger charge is -2.28. The first-order valence-corrected chi connectivity index (χ1v) is 27.0. The summed E-state index contributed by atoms with van der Waals surface area (Å²) in [5.41, 5.74) is 17.2. The number of pyridine rings is 2. The van der Waals surface area contributed by atoms with Crippen LogP contribution in [0.25, 0.3) is 120 Å². The number of aromatic nitrogens is 2. The molecule has 0 N–H and O–H groups in total. The van der Waals surface area contributed by atoms with Crippen molar-refractivity contribution in [2.24, 2.45) is 0 Å². The Morgan fingerprint density at radius 3 is 1.39 bits per heavy atom. The Morgan fingerprint density at radius 2 is 0.725 bits per heavy atom. The maximum atomic E-state index is 6.45. The Kier molecular flexibility index (Phi) is 10.5. The van der Waals surface area contributed by atoms with Gasteiger partial charge in [0.2, 0.25) is 0 Å². The molecule has 4 heterocycles. The van der Waals surface area contributed by atoms with E-state index < -0.39 is 0 Å².